The normalized spacial score (nSPS) is 13.6. The van der Waals surface area contributed by atoms with Crippen molar-refractivity contribution in [2.75, 3.05) is 31.1 Å². The van der Waals surface area contributed by atoms with E-state index in [0.717, 1.165) is 11.6 Å². The lowest BCUT2D eigenvalue weighted by Crippen LogP contribution is -2.49. The molecule has 0 saturated carbocycles. The summed E-state index contributed by atoms with van der Waals surface area (Å²) in [5, 5.41) is 9.05. The van der Waals surface area contributed by atoms with Gasteiger partial charge in [-0.15, -0.1) is 0 Å². The van der Waals surface area contributed by atoms with Crippen LogP contribution in [0.2, 0.25) is 0 Å². The van der Waals surface area contributed by atoms with E-state index in [-0.39, 0.29) is 5.91 Å². The first-order chi connectivity index (χ1) is 14.6. The number of aromatic nitrogens is 2. The highest BCUT2D eigenvalue weighted by Crippen LogP contribution is 2.24. The summed E-state index contributed by atoms with van der Waals surface area (Å²) in [7, 11) is 0. The van der Waals surface area contributed by atoms with E-state index in [1.807, 2.05) is 48.2 Å². The van der Waals surface area contributed by atoms with Gasteiger partial charge in [-0.2, -0.15) is 10.2 Å². The third kappa shape index (κ3) is 4.39. The van der Waals surface area contributed by atoms with Crippen molar-refractivity contribution in [3.8, 4) is 17.7 Å². The van der Waals surface area contributed by atoms with Crippen LogP contribution >= 0.6 is 0 Å². The summed E-state index contributed by atoms with van der Waals surface area (Å²) in [6.07, 6.45) is 0. The second kappa shape index (κ2) is 8.62. The van der Waals surface area contributed by atoms with Gasteiger partial charge in [0.15, 0.2) is 0 Å². The Kier molecular flexibility index (Phi) is 5.57. The fraction of sp³-hybridized carbons (Fsp3) is 0.217. The molecule has 0 atom stereocenters. The van der Waals surface area contributed by atoms with Crippen molar-refractivity contribution >= 4 is 11.7 Å². The summed E-state index contributed by atoms with van der Waals surface area (Å²) < 4.78 is 5.86. The minimum atomic E-state index is -0.0567. The number of amides is 1. The Morgan fingerprint density at radius 2 is 1.77 bits per heavy atom. The molecule has 0 bridgehead atoms. The van der Waals surface area contributed by atoms with E-state index in [4.69, 9.17) is 10.00 Å². The Hall–Kier alpha value is -3.92. The first-order valence-corrected chi connectivity index (χ1v) is 9.75. The Morgan fingerprint density at radius 3 is 2.50 bits per heavy atom. The fourth-order valence-corrected chi connectivity index (χ4v) is 3.39. The summed E-state index contributed by atoms with van der Waals surface area (Å²) in [5.74, 6) is 2.57. The van der Waals surface area contributed by atoms with Crippen molar-refractivity contribution in [2.45, 2.75) is 6.92 Å². The van der Waals surface area contributed by atoms with Crippen LogP contribution < -0.4 is 9.64 Å². The molecule has 1 fully saturated rings. The molecule has 1 amide bonds. The highest BCUT2D eigenvalue weighted by molar-refractivity contribution is 5.94. The molecule has 0 aliphatic carbocycles. The first kappa shape index (κ1) is 19.4. The molecule has 3 aromatic rings. The molecule has 150 valence electrons. The van der Waals surface area contributed by atoms with E-state index in [1.165, 1.54) is 0 Å². The van der Waals surface area contributed by atoms with E-state index < -0.39 is 0 Å². The fourth-order valence-electron chi connectivity index (χ4n) is 3.39. The number of anilines is 1. The van der Waals surface area contributed by atoms with Gasteiger partial charge in [-0.1, -0.05) is 24.3 Å². The smallest absolute Gasteiger partial charge is 0.254 e. The zero-order chi connectivity index (χ0) is 20.9. The topological polar surface area (TPSA) is 82.4 Å². The zero-order valence-electron chi connectivity index (χ0n) is 16.7. The Labute approximate surface area is 175 Å². The second-order valence-corrected chi connectivity index (χ2v) is 7.00. The minimum Gasteiger partial charge on any atom is -0.439 e. The monoisotopic (exact) mass is 399 g/mol. The van der Waals surface area contributed by atoms with Gasteiger partial charge in [0.25, 0.3) is 5.91 Å². The predicted molar refractivity (Wildman–Crippen MR) is 113 cm³/mol. The quantitative estimate of drug-likeness (QED) is 0.669. The van der Waals surface area contributed by atoms with Gasteiger partial charge in [-0.3, -0.25) is 4.79 Å². The predicted octanol–water partition coefficient (Wildman–Crippen LogP) is 3.41. The molecule has 1 aliphatic heterocycles. The zero-order valence-corrected chi connectivity index (χ0v) is 16.7. The highest BCUT2D eigenvalue weighted by Gasteiger charge is 2.23. The number of piperazine rings is 1. The van der Waals surface area contributed by atoms with Gasteiger partial charge >= 0.3 is 0 Å². The van der Waals surface area contributed by atoms with Gasteiger partial charge in [0.05, 0.1) is 11.6 Å². The lowest BCUT2D eigenvalue weighted by Gasteiger charge is -2.35. The average Bonchev–Trinajstić information content (AvgIpc) is 2.79. The van der Waals surface area contributed by atoms with Gasteiger partial charge in [-0.25, -0.2) is 4.98 Å². The maximum Gasteiger partial charge on any atom is 0.254 e. The molecule has 1 aliphatic rings. The molecule has 0 radical (unpaired) electrons. The van der Waals surface area contributed by atoms with Crippen LogP contribution in [-0.2, 0) is 0 Å². The van der Waals surface area contributed by atoms with Gasteiger partial charge in [0, 0.05) is 37.8 Å². The summed E-state index contributed by atoms with van der Waals surface area (Å²) >= 11 is 0. The molecule has 30 heavy (non-hydrogen) atoms. The summed E-state index contributed by atoms with van der Waals surface area (Å²) in [4.78, 5) is 25.6. The van der Waals surface area contributed by atoms with E-state index in [0.29, 0.717) is 49.0 Å². The number of para-hydroxylation sites is 1. The van der Waals surface area contributed by atoms with Crippen LogP contribution in [0, 0.1) is 18.3 Å². The number of carbonyl (C=O) groups is 1. The number of aryl methyl sites for hydroxylation is 1. The van der Waals surface area contributed by atoms with Crippen LogP contribution in [0.4, 0.5) is 5.82 Å². The SMILES string of the molecule is Cc1nc(Oc2ccccc2)cc(N2CCN(C(=O)c3cccc(C#N)c3)CC2)n1. The van der Waals surface area contributed by atoms with Crippen molar-refractivity contribution in [1.29, 1.82) is 5.26 Å². The van der Waals surface area contributed by atoms with Crippen LogP contribution in [0.5, 0.6) is 11.6 Å². The summed E-state index contributed by atoms with van der Waals surface area (Å²) in [6.45, 7) is 4.31. The number of benzene rings is 2. The minimum absolute atomic E-state index is 0.0567. The molecular formula is C23H21N5O2. The van der Waals surface area contributed by atoms with Crippen LogP contribution in [0.15, 0.2) is 60.7 Å². The number of hydrogen-bond acceptors (Lipinski definition) is 6. The van der Waals surface area contributed by atoms with Crippen molar-refractivity contribution in [2.24, 2.45) is 0 Å². The van der Waals surface area contributed by atoms with Gasteiger partial charge < -0.3 is 14.5 Å². The standard InChI is InChI=1S/C23H21N5O2/c1-17-25-21(15-22(26-17)30-20-8-3-2-4-9-20)27-10-12-28(13-11-27)23(29)19-7-5-6-18(14-19)16-24/h2-9,14-15H,10-13H2,1H3. The van der Waals surface area contributed by atoms with E-state index in [2.05, 4.69) is 20.9 Å². The van der Waals surface area contributed by atoms with Crippen molar-refractivity contribution in [1.82, 2.24) is 14.9 Å². The van der Waals surface area contributed by atoms with Crippen LogP contribution in [0.1, 0.15) is 21.7 Å². The summed E-state index contributed by atoms with van der Waals surface area (Å²) in [5.41, 5.74) is 1.03. The molecule has 7 heteroatoms. The van der Waals surface area contributed by atoms with Crippen molar-refractivity contribution < 1.29 is 9.53 Å². The number of hydrogen-bond donors (Lipinski definition) is 0. The molecule has 0 N–H and O–H groups in total. The maximum atomic E-state index is 12.8. The third-order valence-corrected chi connectivity index (χ3v) is 4.90. The van der Waals surface area contributed by atoms with E-state index >= 15 is 0 Å². The van der Waals surface area contributed by atoms with Crippen molar-refractivity contribution in [3.63, 3.8) is 0 Å². The highest BCUT2D eigenvalue weighted by atomic mass is 16.5. The number of nitriles is 1. The van der Waals surface area contributed by atoms with Gasteiger partial charge in [0.2, 0.25) is 5.88 Å². The Morgan fingerprint density at radius 1 is 1.00 bits per heavy atom. The molecule has 2 aromatic carbocycles. The van der Waals surface area contributed by atoms with Crippen LogP contribution in [0.3, 0.4) is 0 Å². The number of rotatable bonds is 4. The van der Waals surface area contributed by atoms with E-state index in [1.54, 1.807) is 24.3 Å². The number of nitrogens with zero attached hydrogens (tertiary/aromatic N) is 5. The molecular weight excluding hydrogens is 378 g/mol. The maximum absolute atomic E-state index is 12.8. The lowest BCUT2D eigenvalue weighted by molar-refractivity contribution is 0.0746. The second-order valence-electron chi connectivity index (χ2n) is 7.00. The third-order valence-electron chi connectivity index (χ3n) is 4.90. The number of carbonyl (C=O) groups excluding carboxylic acids is 1. The first-order valence-electron chi connectivity index (χ1n) is 9.75. The molecule has 4 rings (SSSR count). The van der Waals surface area contributed by atoms with E-state index in [9.17, 15) is 4.79 Å². The van der Waals surface area contributed by atoms with Gasteiger partial charge in [-0.05, 0) is 37.3 Å². The average molecular weight is 399 g/mol. The van der Waals surface area contributed by atoms with Crippen LogP contribution in [0.25, 0.3) is 0 Å². The number of ether oxygens (including phenoxy) is 1. The Balaban J connectivity index is 1.43. The molecule has 0 unspecified atom stereocenters. The molecule has 1 saturated heterocycles. The Bertz CT molecular complexity index is 1090. The molecule has 0 spiro atoms. The molecule has 1 aromatic heterocycles. The largest absolute Gasteiger partial charge is 0.439 e. The van der Waals surface area contributed by atoms with Gasteiger partial charge in [0.1, 0.15) is 17.4 Å². The lowest BCUT2D eigenvalue weighted by atomic mass is 10.1. The van der Waals surface area contributed by atoms with Crippen molar-refractivity contribution in [3.05, 3.63) is 77.6 Å². The molecule has 2 heterocycles. The molecule has 7 nitrogen and oxygen atoms in total. The summed E-state index contributed by atoms with van der Waals surface area (Å²) in [6, 6.07) is 20.2. The van der Waals surface area contributed by atoms with Crippen LogP contribution in [-0.4, -0.2) is 47.0 Å².